The topological polar surface area (TPSA) is 0 Å². The zero-order valence-corrected chi connectivity index (χ0v) is 6.67. The van der Waals surface area contributed by atoms with E-state index in [4.69, 9.17) is 0 Å². The maximum absolute atomic E-state index is 0. The van der Waals surface area contributed by atoms with Crippen LogP contribution in [0.1, 0.15) is 1.43 Å². The number of hydrogen-bond donors (Lipinski definition) is 0. The van der Waals surface area contributed by atoms with Gasteiger partial charge >= 0.3 is 55.4 Å². The van der Waals surface area contributed by atoms with Gasteiger partial charge in [0.05, 0.1) is 0 Å². The van der Waals surface area contributed by atoms with E-state index < -0.39 is 0 Å². The Kier molecular flexibility index (Phi) is 277. The van der Waals surface area contributed by atoms with Gasteiger partial charge in [-0.15, -0.1) is 37.2 Å². The van der Waals surface area contributed by atoms with Gasteiger partial charge in [-0.05, 0) is 0 Å². The third-order valence-electron chi connectivity index (χ3n) is 0. The van der Waals surface area contributed by atoms with Crippen molar-refractivity contribution in [1.29, 1.82) is 0 Å². The van der Waals surface area contributed by atoms with E-state index in [0.717, 1.165) is 0 Å². The van der Waals surface area contributed by atoms with Crippen LogP contribution >= 0.6 is 37.2 Å². The van der Waals surface area contributed by atoms with E-state index >= 15 is 0 Å². The summed E-state index contributed by atoms with van der Waals surface area (Å²) in [4.78, 5) is 0. The van der Waals surface area contributed by atoms with Crippen LogP contribution in [0.4, 0.5) is 0 Å². The van der Waals surface area contributed by atoms with Crippen LogP contribution in [-0.2, 0) is 0 Å². The molecule has 0 nitrogen and oxygen atoms in total. The molecule has 32 valence electrons. The number of halogens is 3. The van der Waals surface area contributed by atoms with Crippen molar-refractivity contribution in [3.63, 3.8) is 0 Å². The molecule has 0 atom stereocenters. The summed E-state index contributed by atoms with van der Waals surface area (Å²) in [6.07, 6.45) is 0. The summed E-state index contributed by atoms with van der Waals surface area (Å²) >= 11 is 0. The molecule has 0 spiro atoms. The zero-order chi connectivity index (χ0) is 0. The number of hydrogen-bond acceptors (Lipinski definition) is 0. The molecular formula is H7Cl3InNa. The van der Waals surface area contributed by atoms with E-state index in [2.05, 4.69) is 0 Å². The molecule has 0 bridgehead atoms. The van der Waals surface area contributed by atoms with Crippen molar-refractivity contribution in [1.82, 2.24) is 0 Å². The molecule has 5 heavy (non-hydrogen) atoms. The molecule has 0 unspecified atom stereocenters. The van der Waals surface area contributed by atoms with Crippen molar-refractivity contribution >= 4 is 63.1 Å². The summed E-state index contributed by atoms with van der Waals surface area (Å²) in [5, 5.41) is 0. The summed E-state index contributed by atoms with van der Waals surface area (Å²) in [6, 6.07) is 0. The fourth-order valence-electron chi connectivity index (χ4n) is 0. The van der Waals surface area contributed by atoms with E-state index in [9.17, 15) is 0 Å². The molecule has 0 aromatic rings. The van der Waals surface area contributed by atoms with Crippen LogP contribution in [0, 0.1) is 0 Å². The molecule has 0 fully saturated rings. The van der Waals surface area contributed by atoms with Crippen molar-refractivity contribution in [2.24, 2.45) is 0 Å². The van der Waals surface area contributed by atoms with Crippen molar-refractivity contribution in [2.45, 2.75) is 0 Å². The molecule has 0 heterocycles. The first kappa shape index (κ1) is 46.8. The molecule has 0 amide bonds. The number of rotatable bonds is 0. The van der Waals surface area contributed by atoms with Crippen molar-refractivity contribution in [3.05, 3.63) is 0 Å². The standard InChI is InChI=1S/3ClH.In.Na.4H/h3*1H;;;;;;/q;;;;+1;;;;-1. The van der Waals surface area contributed by atoms with Crippen LogP contribution < -0.4 is 29.6 Å². The summed E-state index contributed by atoms with van der Waals surface area (Å²) in [5.74, 6) is 0. The largest absolute Gasteiger partial charge is 1.00 e. The Morgan fingerprint density at radius 3 is 0.800 bits per heavy atom. The van der Waals surface area contributed by atoms with Gasteiger partial charge in [0.2, 0.25) is 0 Å². The second-order valence-electron chi connectivity index (χ2n) is 0. The van der Waals surface area contributed by atoms with Gasteiger partial charge in [-0.3, -0.25) is 0 Å². The van der Waals surface area contributed by atoms with Gasteiger partial charge in [-0.25, -0.2) is 0 Å². The Morgan fingerprint density at radius 2 is 0.800 bits per heavy atom. The van der Waals surface area contributed by atoms with Crippen molar-refractivity contribution in [2.75, 3.05) is 0 Å². The van der Waals surface area contributed by atoms with Crippen molar-refractivity contribution in [3.8, 4) is 0 Å². The van der Waals surface area contributed by atoms with Gasteiger partial charge in [-0.1, -0.05) is 0 Å². The monoisotopic (exact) mass is 250 g/mol. The molecule has 0 aliphatic rings. The predicted octanol–water partition coefficient (Wildman–Crippen LogP) is -2.80. The Bertz CT molecular complexity index is 10.8. The molecule has 0 aromatic heterocycles. The summed E-state index contributed by atoms with van der Waals surface area (Å²) < 4.78 is 0. The van der Waals surface area contributed by atoms with Crippen LogP contribution in [0.3, 0.4) is 0 Å². The fraction of sp³-hybridized carbons (Fsp3) is 0. The van der Waals surface area contributed by atoms with Gasteiger partial charge in [0.15, 0.2) is 0 Å². The smallest absolute Gasteiger partial charge is 1.00 e. The minimum Gasteiger partial charge on any atom is 1.00 e. The average Bonchev–Trinajstić information content (AvgIpc) is 0. The second-order valence-corrected chi connectivity index (χ2v) is 0. The molecule has 0 rings (SSSR count). The van der Waals surface area contributed by atoms with E-state index in [1.54, 1.807) is 0 Å². The fourth-order valence-corrected chi connectivity index (χ4v) is 0. The zero-order valence-electron chi connectivity index (χ0n) is 3.22. The Hall–Kier alpha value is 2.74. The van der Waals surface area contributed by atoms with Gasteiger partial charge in [0, 0.05) is 0 Å². The third kappa shape index (κ3) is 20.2. The normalized spacial score (nSPS) is 0. The minimum absolute atomic E-state index is 0. The quantitative estimate of drug-likeness (QED) is 0.408. The molecule has 5 heteroatoms. The molecule has 0 radical (unpaired) electrons. The Labute approximate surface area is 92.6 Å². The van der Waals surface area contributed by atoms with E-state index in [-0.39, 0.29) is 94.0 Å². The summed E-state index contributed by atoms with van der Waals surface area (Å²) in [7, 11) is 0. The molecule has 0 saturated carbocycles. The second kappa shape index (κ2) is 29.6. The SMILES string of the molecule is Cl.Cl.Cl.[H-].[InH3].[Na+]. The van der Waals surface area contributed by atoms with Crippen LogP contribution in [0.5, 0.6) is 0 Å². The van der Waals surface area contributed by atoms with Crippen LogP contribution in [0.2, 0.25) is 0 Å². The third-order valence-corrected chi connectivity index (χ3v) is 0. The first-order valence-corrected chi connectivity index (χ1v) is 0. The Morgan fingerprint density at radius 1 is 0.800 bits per heavy atom. The van der Waals surface area contributed by atoms with E-state index in [1.807, 2.05) is 0 Å². The molecule has 0 aliphatic heterocycles. The molecular weight excluding hydrogens is 244 g/mol. The summed E-state index contributed by atoms with van der Waals surface area (Å²) in [5.41, 5.74) is 0. The van der Waals surface area contributed by atoms with Gasteiger partial charge in [0.25, 0.3) is 0 Å². The first-order valence-electron chi connectivity index (χ1n) is 0. The summed E-state index contributed by atoms with van der Waals surface area (Å²) in [6.45, 7) is 0. The maximum Gasteiger partial charge on any atom is 1.00 e. The molecule has 0 aromatic carbocycles. The van der Waals surface area contributed by atoms with E-state index in [0.29, 0.717) is 0 Å². The Balaban J connectivity index is 0. The van der Waals surface area contributed by atoms with Crippen LogP contribution in [-0.4, -0.2) is 25.8 Å². The van der Waals surface area contributed by atoms with Crippen LogP contribution in [0.25, 0.3) is 0 Å². The van der Waals surface area contributed by atoms with Gasteiger partial charge in [-0.2, -0.15) is 0 Å². The first-order chi connectivity index (χ1) is 0. The molecule has 0 saturated heterocycles. The van der Waals surface area contributed by atoms with Crippen molar-refractivity contribution < 1.29 is 31.0 Å². The average molecular weight is 251 g/mol. The van der Waals surface area contributed by atoms with Gasteiger partial charge < -0.3 is 1.43 Å². The molecule has 0 N–H and O–H groups in total. The van der Waals surface area contributed by atoms with Crippen LogP contribution in [0.15, 0.2) is 0 Å². The predicted molar refractivity (Wildman–Crippen MR) is 32.8 cm³/mol. The maximum atomic E-state index is 0. The van der Waals surface area contributed by atoms with Gasteiger partial charge in [0.1, 0.15) is 0 Å². The molecule has 0 aliphatic carbocycles. The van der Waals surface area contributed by atoms with E-state index in [1.165, 1.54) is 0 Å². The minimum atomic E-state index is 0.